The number of nitro groups is 1. The van der Waals surface area contributed by atoms with Crippen molar-refractivity contribution in [2.75, 3.05) is 31.1 Å². The molecule has 1 aromatic rings. The Kier molecular flexibility index (Phi) is 4.44. The number of benzene rings is 1. The molecule has 0 bridgehead atoms. The molecular formula is C13H16ClN3O3. The van der Waals surface area contributed by atoms with Gasteiger partial charge in [0.1, 0.15) is 0 Å². The molecule has 7 heteroatoms. The summed E-state index contributed by atoms with van der Waals surface area (Å²) in [5, 5.41) is 11.1. The van der Waals surface area contributed by atoms with Crippen LogP contribution in [0.5, 0.6) is 0 Å². The summed E-state index contributed by atoms with van der Waals surface area (Å²) in [4.78, 5) is 25.5. The SMILES string of the molecule is CC(=O)N1CCCN(c2ccc([N+](=O)[O-])cc2Cl)CC1. The number of carbonyl (C=O) groups excluding carboxylic acids is 1. The van der Waals surface area contributed by atoms with Gasteiger partial charge in [-0.2, -0.15) is 0 Å². The van der Waals surface area contributed by atoms with E-state index in [9.17, 15) is 14.9 Å². The van der Waals surface area contributed by atoms with Gasteiger partial charge in [-0.05, 0) is 12.5 Å². The highest BCUT2D eigenvalue weighted by atomic mass is 35.5. The standard InChI is InChI=1S/C13H16ClN3O3/c1-10(18)15-5-2-6-16(8-7-15)13-4-3-11(17(19)20)9-12(13)14/h3-4,9H,2,5-8H2,1H3. The molecule has 6 nitrogen and oxygen atoms in total. The summed E-state index contributed by atoms with van der Waals surface area (Å²) in [5.74, 6) is 0.0710. The third-order valence-electron chi connectivity index (χ3n) is 3.42. The Hall–Kier alpha value is -1.82. The van der Waals surface area contributed by atoms with Gasteiger partial charge in [-0.3, -0.25) is 14.9 Å². The lowest BCUT2D eigenvalue weighted by Crippen LogP contribution is -2.33. The predicted octanol–water partition coefficient (Wildman–Crippen LogP) is 2.31. The Morgan fingerprint density at radius 3 is 2.65 bits per heavy atom. The Balaban J connectivity index is 2.15. The largest absolute Gasteiger partial charge is 0.368 e. The van der Waals surface area contributed by atoms with Gasteiger partial charge >= 0.3 is 0 Å². The van der Waals surface area contributed by atoms with Crippen molar-refractivity contribution in [1.82, 2.24) is 4.90 Å². The van der Waals surface area contributed by atoms with Gasteiger partial charge in [0, 0.05) is 45.2 Å². The quantitative estimate of drug-likeness (QED) is 0.620. The molecule has 0 atom stereocenters. The lowest BCUT2D eigenvalue weighted by molar-refractivity contribution is -0.384. The Labute approximate surface area is 122 Å². The van der Waals surface area contributed by atoms with Crippen LogP contribution in [0.4, 0.5) is 11.4 Å². The lowest BCUT2D eigenvalue weighted by atomic mass is 10.2. The molecule has 1 aliphatic heterocycles. The molecule has 2 rings (SSSR count). The summed E-state index contributed by atoms with van der Waals surface area (Å²) in [6.07, 6.45) is 0.854. The Morgan fingerprint density at radius 1 is 1.30 bits per heavy atom. The van der Waals surface area contributed by atoms with Gasteiger partial charge in [-0.25, -0.2) is 0 Å². The van der Waals surface area contributed by atoms with E-state index in [0.717, 1.165) is 25.2 Å². The van der Waals surface area contributed by atoms with Crippen molar-refractivity contribution in [1.29, 1.82) is 0 Å². The molecule has 0 N–H and O–H groups in total. The van der Waals surface area contributed by atoms with Crippen LogP contribution < -0.4 is 4.90 Å². The average molecular weight is 298 g/mol. The minimum Gasteiger partial charge on any atom is -0.368 e. The van der Waals surface area contributed by atoms with Crippen LogP contribution in [-0.2, 0) is 4.79 Å². The van der Waals surface area contributed by atoms with Crippen LogP contribution in [0, 0.1) is 10.1 Å². The first-order chi connectivity index (χ1) is 9.49. The maximum Gasteiger partial charge on any atom is 0.271 e. The maximum atomic E-state index is 11.4. The molecular weight excluding hydrogens is 282 g/mol. The number of hydrogen-bond acceptors (Lipinski definition) is 4. The van der Waals surface area contributed by atoms with E-state index in [1.54, 1.807) is 17.9 Å². The molecule has 1 aromatic carbocycles. The fraction of sp³-hybridized carbons (Fsp3) is 0.462. The van der Waals surface area contributed by atoms with Crippen LogP contribution in [0.15, 0.2) is 18.2 Å². The number of amides is 1. The first-order valence-electron chi connectivity index (χ1n) is 6.43. The number of anilines is 1. The fourth-order valence-electron chi connectivity index (χ4n) is 2.34. The molecule has 20 heavy (non-hydrogen) atoms. The highest BCUT2D eigenvalue weighted by Gasteiger charge is 2.19. The first-order valence-corrected chi connectivity index (χ1v) is 6.81. The summed E-state index contributed by atoms with van der Waals surface area (Å²) in [7, 11) is 0. The van der Waals surface area contributed by atoms with E-state index in [2.05, 4.69) is 4.90 Å². The van der Waals surface area contributed by atoms with Crippen molar-refractivity contribution in [3.8, 4) is 0 Å². The van der Waals surface area contributed by atoms with Gasteiger partial charge in [0.05, 0.1) is 15.6 Å². The van der Waals surface area contributed by atoms with Crippen LogP contribution in [0.2, 0.25) is 5.02 Å². The van der Waals surface area contributed by atoms with Gasteiger partial charge in [-0.1, -0.05) is 11.6 Å². The average Bonchev–Trinajstić information content (AvgIpc) is 2.64. The van der Waals surface area contributed by atoms with Crippen molar-refractivity contribution < 1.29 is 9.72 Å². The summed E-state index contributed by atoms with van der Waals surface area (Å²) in [5.41, 5.74) is 0.765. The van der Waals surface area contributed by atoms with E-state index in [-0.39, 0.29) is 11.6 Å². The van der Waals surface area contributed by atoms with Gasteiger partial charge in [0.2, 0.25) is 5.91 Å². The van der Waals surface area contributed by atoms with E-state index in [1.807, 2.05) is 0 Å². The lowest BCUT2D eigenvalue weighted by Gasteiger charge is -2.24. The van der Waals surface area contributed by atoms with Gasteiger partial charge < -0.3 is 9.80 Å². The first kappa shape index (κ1) is 14.6. The highest BCUT2D eigenvalue weighted by Crippen LogP contribution is 2.30. The molecule has 0 saturated carbocycles. The van der Waals surface area contributed by atoms with Crippen molar-refractivity contribution in [3.05, 3.63) is 33.3 Å². The minimum atomic E-state index is -0.463. The van der Waals surface area contributed by atoms with Crippen LogP contribution in [0.1, 0.15) is 13.3 Å². The zero-order valence-corrected chi connectivity index (χ0v) is 12.0. The van der Waals surface area contributed by atoms with Crippen molar-refractivity contribution >= 4 is 28.9 Å². The number of nitrogens with zero attached hydrogens (tertiary/aromatic N) is 3. The second-order valence-electron chi connectivity index (χ2n) is 4.74. The van der Waals surface area contributed by atoms with Crippen LogP contribution >= 0.6 is 11.6 Å². The predicted molar refractivity (Wildman–Crippen MR) is 77.2 cm³/mol. The highest BCUT2D eigenvalue weighted by molar-refractivity contribution is 6.33. The number of carbonyl (C=O) groups is 1. The molecule has 1 heterocycles. The Bertz CT molecular complexity index is 536. The zero-order valence-electron chi connectivity index (χ0n) is 11.2. The second kappa shape index (κ2) is 6.09. The molecule has 0 aromatic heterocycles. The van der Waals surface area contributed by atoms with E-state index in [4.69, 9.17) is 11.6 Å². The van der Waals surface area contributed by atoms with E-state index >= 15 is 0 Å². The van der Waals surface area contributed by atoms with Crippen LogP contribution in [0.25, 0.3) is 0 Å². The zero-order chi connectivity index (χ0) is 14.7. The molecule has 1 aliphatic rings. The summed E-state index contributed by atoms with van der Waals surface area (Å²) in [6, 6.07) is 4.49. The third-order valence-corrected chi connectivity index (χ3v) is 3.73. The molecule has 108 valence electrons. The minimum absolute atomic E-state index is 0.0149. The Morgan fingerprint density at radius 2 is 2.05 bits per heavy atom. The van der Waals surface area contributed by atoms with Gasteiger partial charge in [-0.15, -0.1) is 0 Å². The smallest absolute Gasteiger partial charge is 0.271 e. The van der Waals surface area contributed by atoms with Crippen molar-refractivity contribution in [2.45, 2.75) is 13.3 Å². The topological polar surface area (TPSA) is 66.7 Å². The monoisotopic (exact) mass is 297 g/mol. The number of halogens is 1. The number of nitro benzene ring substituents is 1. The maximum absolute atomic E-state index is 11.4. The summed E-state index contributed by atoms with van der Waals surface area (Å²) in [6.45, 7) is 4.39. The molecule has 0 radical (unpaired) electrons. The van der Waals surface area contributed by atoms with Crippen molar-refractivity contribution in [2.24, 2.45) is 0 Å². The fourth-order valence-corrected chi connectivity index (χ4v) is 2.63. The molecule has 0 unspecified atom stereocenters. The van der Waals surface area contributed by atoms with Crippen molar-refractivity contribution in [3.63, 3.8) is 0 Å². The normalized spacial score (nSPS) is 15.9. The molecule has 1 amide bonds. The molecule has 0 spiro atoms. The summed E-state index contributed by atoms with van der Waals surface area (Å²) >= 11 is 6.13. The molecule has 0 aliphatic carbocycles. The number of hydrogen-bond donors (Lipinski definition) is 0. The summed E-state index contributed by atoms with van der Waals surface area (Å²) < 4.78 is 0. The van der Waals surface area contributed by atoms with Crippen LogP contribution in [0.3, 0.4) is 0 Å². The van der Waals surface area contributed by atoms with E-state index in [1.165, 1.54) is 12.1 Å². The van der Waals surface area contributed by atoms with E-state index in [0.29, 0.717) is 18.1 Å². The van der Waals surface area contributed by atoms with Crippen LogP contribution in [-0.4, -0.2) is 41.9 Å². The second-order valence-corrected chi connectivity index (χ2v) is 5.15. The van der Waals surface area contributed by atoms with Gasteiger partial charge in [0.15, 0.2) is 0 Å². The number of non-ortho nitro benzene ring substituents is 1. The third kappa shape index (κ3) is 3.19. The molecule has 1 saturated heterocycles. The molecule has 1 fully saturated rings. The number of rotatable bonds is 2. The van der Waals surface area contributed by atoms with Gasteiger partial charge in [0.25, 0.3) is 5.69 Å². The van der Waals surface area contributed by atoms with E-state index < -0.39 is 4.92 Å².